The van der Waals surface area contributed by atoms with Crippen molar-refractivity contribution in [3.8, 4) is 5.75 Å². The normalized spacial score (nSPS) is 17.7. The maximum absolute atomic E-state index is 12.2. The Morgan fingerprint density at radius 2 is 2.04 bits per heavy atom. The van der Waals surface area contributed by atoms with Crippen LogP contribution < -0.4 is 9.64 Å². The van der Waals surface area contributed by atoms with E-state index in [0.29, 0.717) is 45.7 Å². The van der Waals surface area contributed by atoms with Crippen molar-refractivity contribution in [3.63, 3.8) is 0 Å². The van der Waals surface area contributed by atoms with Gasteiger partial charge in [-0.15, -0.1) is 0 Å². The molecule has 6 heteroatoms. The third kappa shape index (κ3) is 3.64. The van der Waals surface area contributed by atoms with E-state index in [1.807, 2.05) is 30.0 Å². The minimum absolute atomic E-state index is 0.0538. The Morgan fingerprint density at radius 1 is 1.26 bits per heavy atom. The molecule has 0 aliphatic carbocycles. The lowest BCUT2D eigenvalue weighted by Gasteiger charge is -2.30. The van der Waals surface area contributed by atoms with Gasteiger partial charge in [0.15, 0.2) is 6.61 Å². The third-order valence-electron chi connectivity index (χ3n) is 4.19. The molecule has 6 nitrogen and oxygen atoms in total. The van der Waals surface area contributed by atoms with Crippen LogP contribution in [0.2, 0.25) is 0 Å². The fourth-order valence-electron chi connectivity index (χ4n) is 2.92. The lowest BCUT2D eigenvalue weighted by Crippen LogP contribution is -2.42. The van der Waals surface area contributed by atoms with E-state index in [4.69, 9.17) is 9.47 Å². The lowest BCUT2D eigenvalue weighted by atomic mass is 10.1. The second kappa shape index (κ2) is 7.00. The van der Waals surface area contributed by atoms with Crippen LogP contribution in [0.1, 0.15) is 18.4 Å². The molecular formula is C17H22N2O4. The zero-order valence-corrected chi connectivity index (χ0v) is 13.4. The number of benzene rings is 1. The van der Waals surface area contributed by atoms with E-state index in [2.05, 4.69) is 0 Å². The minimum atomic E-state index is -0.0538. The molecule has 2 heterocycles. The molecule has 0 unspecified atom stereocenters. The molecule has 0 N–H and O–H groups in total. The number of amides is 2. The molecule has 124 valence electrons. The molecule has 2 amide bonds. The average molecular weight is 318 g/mol. The van der Waals surface area contributed by atoms with E-state index in [0.717, 1.165) is 17.0 Å². The van der Waals surface area contributed by atoms with E-state index in [1.165, 1.54) is 0 Å². The maximum atomic E-state index is 12.2. The highest BCUT2D eigenvalue weighted by Crippen LogP contribution is 2.32. The van der Waals surface area contributed by atoms with Crippen molar-refractivity contribution in [2.45, 2.75) is 19.8 Å². The molecule has 1 saturated heterocycles. The summed E-state index contributed by atoms with van der Waals surface area (Å²) in [5, 5.41) is 0. The number of carbonyl (C=O) groups excluding carboxylic acids is 2. The molecule has 0 bridgehead atoms. The Hall–Kier alpha value is -2.08. The van der Waals surface area contributed by atoms with Gasteiger partial charge in [0.05, 0.1) is 18.9 Å². The van der Waals surface area contributed by atoms with Gasteiger partial charge in [-0.1, -0.05) is 6.07 Å². The van der Waals surface area contributed by atoms with Crippen LogP contribution >= 0.6 is 0 Å². The first-order chi connectivity index (χ1) is 11.1. The standard InChI is InChI=1S/C17H22N2O4/c1-13-4-5-15-14(11-13)19(17(21)12-23-15)6-2-3-16(20)18-7-9-22-10-8-18/h4-5,11H,2-3,6-10,12H2,1H3. The molecule has 23 heavy (non-hydrogen) atoms. The van der Waals surface area contributed by atoms with E-state index in [1.54, 1.807) is 4.90 Å². The van der Waals surface area contributed by atoms with Gasteiger partial charge in [-0.25, -0.2) is 0 Å². The molecule has 0 radical (unpaired) electrons. The van der Waals surface area contributed by atoms with Crippen molar-refractivity contribution in [1.29, 1.82) is 0 Å². The van der Waals surface area contributed by atoms with E-state index in [9.17, 15) is 9.59 Å². The quantitative estimate of drug-likeness (QED) is 0.841. The number of hydrogen-bond acceptors (Lipinski definition) is 4. The zero-order valence-electron chi connectivity index (χ0n) is 13.4. The summed E-state index contributed by atoms with van der Waals surface area (Å²) in [6.45, 7) is 5.14. The number of aryl methyl sites for hydroxylation is 1. The van der Waals surface area contributed by atoms with Gasteiger partial charge < -0.3 is 19.3 Å². The Bertz CT molecular complexity index is 596. The largest absolute Gasteiger partial charge is 0.482 e. The number of fused-ring (bicyclic) bond motifs is 1. The summed E-state index contributed by atoms with van der Waals surface area (Å²) in [4.78, 5) is 27.9. The smallest absolute Gasteiger partial charge is 0.265 e. The second-order valence-electron chi connectivity index (χ2n) is 5.90. The van der Waals surface area contributed by atoms with E-state index in [-0.39, 0.29) is 18.4 Å². The van der Waals surface area contributed by atoms with Crippen molar-refractivity contribution in [3.05, 3.63) is 23.8 Å². The first-order valence-corrected chi connectivity index (χ1v) is 8.04. The van der Waals surface area contributed by atoms with E-state index >= 15 is 0 Å². The Kier molecular flexibility index (Phi) is 4.81. The fraction of sp³-hybridized carbons (Fsp3) is 0.529. The maximum Gasteiger partial charge on any atom is 0.265 e. The second-order valence-corrected chi connectivity index (χ2v) is 5.90. The lowest BCUT2D eigenvalue weighted by molar-refractivity contribution is -0.135. The Labute approximate surface area is 136 Å². The number of nitrogens with zero attached hydrogens (tertiary/aromatic N) is 2. The van der Waals surface area contributed by atoms with Crippen LogP contribution in [0.15, 0.2) is 18.2 Å². The monoisotopic (exact) mass is 318 g/mol. The van der Waals surface area contributed by atoms with Crippen molar-refractivity contribution >= 4 is 17.5 Å². The molecular weight excluding hydrogens is 296 g/mol. The van der Waals surface area contributed by atoms with Crippen molar-refractivity contribution in [2.24, 2.45) is 0 Å². The van der Waals surface area contributed by atoms with Crippen molar-refractivity contribution in [1.82, 2.24) is 4.90 Å². The third-order valence-corrected chi connectivity index (χ3v) is 4.19. The summed E-state index contributed by atoms with van der Waals surface area (Å²) in [6, 6.07) is 5.81. The van der Waals surface area contributed by atoms with Gasteiger partial charge in [0, 0.05) is 26.1 Å². The van der Waals surface area contributed by atoms with Gasteiger partial charge in [-0.3, -0.25) is 9.59 Å². The first kappa shape index (κ1) is 15.8. The summed E-state index contributed by atoms with van der Waals surface area (Å²) in [6.07, 6.45) is 1.10. The SMILES string of the molecule is Cc1ccc2c(c1)N(CCCC(=O)N1CCOCC1)C(=O)CO2. The van der Waals surface area contributed by atoms with Crippen LogP contribution in [0, 0.1) is 6.92 Å². The van der Waals surface area contributed by atoms with Crippen LogP contribution in [0.4, 0.5) is 5.69 Å². The van der Waals surface area contributed by atoms with Gasteiger partial charge >= 0.3 is 0 Å². The van der Waals surface area contributed by atoms with Crippen LogP contribution in [-0.4, -0.2) is 56.2 Å². The van der Waals surface area contributed by atoms with Gasteiger partial charge in [0.25, 0.3) is 5.91 Å². The van der Waals surface area contributed by atoms with Gasteiger partial charge in [-0.2, -0.15) is 0 Å². The summed E-state index contributed by atoms with van der Waals surface area (Å²) in [5.74, 6) is 0.815. The zero-order chi connectivity index (χ0) is 16.2. The van der Waals surface area contributed by atoms with Gasteiger partial charge in [0.2, 0.25) is 5.91 Å². The van der Waals surface area contributed by atoms with Crippen LogP contribution in [0.3, 0.4) is 0 Å². The summed E-state index contributed by atoms with van der Waals surface area (Å²) in [5.41, 5.74) is 1.89. The number of ether oxygens (including phenoxy) is 2. The first-order valence-electron chi connectivity index (χ1n) is 8.04. The molecule has 1 aromatic rings. The molecule has 1 aromatic carbocycles. The molecule has 0 aromatic heterocycles. The number of hydrogen-bond donors (Lipinski definition) is 0. The van der Waals surface area contributed by atoms with Crippen LogP contribution in [0.25, 0.3) is 0 Å². The number of carbonyl (C=O) groups is 2. The summed E-state index contributed by atoms with van der Waals surface area (Å²) < 4.78 is 10.7. The number of rotatable bonds is 4. The van der Waals surface area contributed by atoms with Crippen LogP contribution in [0.5, 0.6) is 5.75 Å². The Morgan fingerprint density at radius 3 is 2.83 bits per heavy atom. The molecule has 3 rings (SSSR count). The van der Waals surface area contributed by atoms with Gasteiger partial charge in [-0.05, 0) is 31.0 Å². The molecule has 2 aliphatic rings. The molecule has 0 saturated carbocycles. The van der Waals surface area contributed by atoms with Crippen molar-refractivity contribution < 1.29 is 19.1 Å². The van der Waals surface area contributed by atoms with Crippen LogP contribution in [-0.2, 0) is 14.3 Å². The van der Waals surface area contributed by atoms with Crippen molar-refractivity contribution in [2.75, 3.05) is 44.4 Å². The highest BCUT2D eigenvalue weighted by atomic mass is 16.5. The highest BCUT2D eigenvalue weighted by molar-refractivity contribution is 5.98. The molecule has 0 spiro atoms. The van der Waals surface area contributed by atoms with E-state index < -0.39 is 0 Å². The predicted octanol–water partition coefficient (Wildman–Crippen LogP) is 1.36. The molecule has 2 aliphatic heterocycles. The minimum Gasteiger partial charge on any atom is -0.482 e. The molecule has 1 fully saturated rings. The van der Waals surface area contributed by atoms with Gasteiger partial charge in [0.1, 0.15) is 5.75 Å². The summed E-state index contributed by atoms with van der Waals surface area (Å²) in [7, 11) is 0. The Balaban J connectivity index is 1.58. The topological polar surface area (TPSA) is 59.1 Å². The summed E-state index contributed by atoms with van der Waals surface area (Å²) >= 11 is 0. The number of anilines is 1. The predicted molar refractivity (Wildman–Crippen MR) is 85.7 cm³/mol. The molecule has 0 atom stereocenters. The fourth-order valence-corrected chi connectivity index (χ4v) is 2.92. The number of morpholine rings is 1. The average Bonchev–Trinajstić information content (AvgIpc) is 2.57. The highest BCUT2D eigenvalue weighted by Gasteiger charge is 2.25.